The lowest BCUT2D eigenvalue weighted by atomic mass is 10.1. The number of phosphoric ester groups is 1. The Bertz CT molecular complexity index is 717. The van der Waals surface area contributed by atoms with Crippen LogP contribution in [-0.2, 0) is 27.9 Å². The highest BCUT2D eigenvalue weighted by Gasteiger charge is 2.25. The summed E-state index contributed by atoms with van der Waals surface area (Å²) < 4.78 is 33.2. The summed E-state index contributed by atoms with van der Waals surface area (Å²) in [5.74, 6) is -0.346. The molecule has 0 heterocycles. The molecule has 2 atom stereocenters. The van der Waals surface area contributed by atoms with E-state index in [0.717, 1.165) is 64.2 Å². The van der Waals surface area contributed by atoms with Gasteiger partial charge >= 0.3 is 13.8 Å². The molecule has 254 valence electrons. The van der Waals surface area contributed by atoms with Crippen molar-refractivity contribution >= 4 is 13.8 Å². The van der Waals surface area contributed by atoms with Crippen LogP contribution in [0.1, 0.15) is 149 Å². The van der Waals surface area contributed by atoms with E-state index in [-0.39, 0.29) is 32.3 Å². The molecule has 8 nitrogen and oxygen atoms in total. The summed E-state index contributed by atoms with van der Waals surface area (Å²) in [6, 6.07) is 0. The molecule has 0 aromatic rings. The third kappa shape index (κ3) is 32.2. The van der Waals surface area contributed by atoms with E-state index in [2.05, 4.69) is 38.2 Å². The van der Waals surface area contributed by atoms with Gasteiger partial charge in [-0.2, -0.15) is 0 Å². The predicted octanol–water partition coefficient (Wildman–Crippen LogP) is 9.35. The second kappa shape index (κ2) is 32.4. The van der Waals surface area contributed by atoms with E-state index in [0.29, 0.717) is 13.0 Å². The third-order valence-electron chi connectivity index (χ3n) is 7.10. The lowest BCUT2D eigenvalue weighted by molar-refractivity contribution is -0.154. The van der Waals surface area contributed by atoms with E-state index in [1.165, 1.54) is 64.2 Å². The summed E-state index contributed by atoms with van der Waals surface area (Å²) >= 11 is 0. The zero-order chi connectivity index (χ0) is 31.7. The molecule has 9 heteroatoms. The molecule has 0 aromatic heterocycles. The van der Waals surface area contributed by atoms with Gasteiger partial charge in [0.25, 0.3) is 0 Å². The Hall–Kier alpha value is -1.02. The van der Waals surface area contributed by atoms with Crippen molar-refractivity contribution in [2.24, 2.45) is 5.73 Å². The van der Waals surface area contributed by atoms with Crippen molar-refractivity contribution in [1.29, 1.82) is 0 Å². The fourth-order valence-corrected chi connectivity index (χ4v) is 5.33. The van der Waals surface area contributed by atoms with Crippen LogP contribution in [0, 0.1) is 0 Å². The molecule has 0 aliphatic heterocycles. The fraction of sp³-hybridized carbons (Fsp3) is 0.853. The number of rotatable bonds is 33. The van der Waals surface area contributed by atoms with Crippen molar-refractivity contribution in [3.05, 3.63) is 24.3 Å². The highest BCUT2D eigenvalue weighted by molar-refractivity contribution is 7.47. The molecule has 0 amide bonds. The van der Waals surface area contributed by atoms with Gasteiger partial charge < -0.3 is 20.1 Å². The normalized spacial score (nSPS) is 14.0. The van der Waals surface area contributed by atoms with Gasteiger partial charge in [0.1, 0.15) is 6.10 Å². The van der Waals surface area contributed by atoms with Crippen molar-refractivity contribution < 1.29 is 32.8 Å². The van der Waals surface area contributed by atoms with Crippen molar-refractivity contribution in [2.45, 2.75) is 155 Å². The Balaban J connectivity index is 4.15. The van der Waals surface area contributed by atoms with E-state index in [1.807, 2.05) is 0 Å². The van der Waals surface area contributed by atoms with E-state index in [1.54, 1.807) is 0 Å². The van der Waals surface area contributed by atoms with Crippen LogP contribution >= 0.6 is 7.82 Å². The zero-order valence-corrected chi connectivity index (χ0v) is 28.6. The van der Waals surface area contributed by atoms with E-state index >= 15 is 0 Å². The third-order valence-corrected chi connectivity index (χ3v) is 8.09. The first-order chi connectivity index (χ1) is 20.9. The van der Waals surface area contributed by atoms with Crippen LogP contribution in [0.25, 0.3) is 0 Å². The van der Waals surface area contributed by atoms with Gasteiger partial charge in [0.2, 0.25) is 0 Å². The van der Waals surface area contributed by atoms with E-state index in [4.69, 9.17) is 24.3 Å². The van der Waals surface area contributed by atoms with Gasteiger partial charge in [0.05, 0.1) is 19.8 Å². The number of hydrogen-bond acceptors (Lipinski definition) is 7. The fourth-order valence-electron chi connectivity index (χ4n) is 4.56. The smallest absolute Gasteiger partial charge is 0.457 e. The summed E-state index contributed by atoms with van der Waals surface area (Å²) in [5.41, 5.74) is 5.33. The number of ether oxygens (including phenoxy) is 2. The molecule has 0 bridgehead atoms. The summed E-state index contributed by atoms with van der Waals surface area (Å²) in [4.78, 5) is 22.3. The van der Waals surface area contributed by atoms with E-state index < -0.39 is 13.9 Å². The molecular weight excluding hydrogens is 565 g/mol. The first-order valence-electron chi connectivity index (χ1n) is 17.3. The molecule has 2 unspecified atom stereocenters. The predicted molar refractivity (Wildman–Crippen MR) is 178 cm³/mol. The van der Waals surface area contributed by atoms with Crippen molar-refractivity contribution in [1.82, 2.24) is 0 Å². The van der Waals surface area contributed by atoms with Gasteiger partial charge in [-0.15, -0.1) is 0 Å². The second-order valence-corrected chi connectivity index (χ2v) is 12.8. The highest BCUT2D eigenvalue weighted by atomic mass is 31.2. The lowest BCUT2D eigenvalue weighted by Crippen LogP contribution is -2.28. The average Bonchev–Trinajstić information content (AvgIpc) is 2.99. The van der Waals surface area contributed by atoms with Crippen LogP contribution in [0.4, 0.5) is 0 Å². The van der Waals surface area contributed by atoms with E-state index in [9.17, 15) is 14.3 Å². The average molecular weight is 632 g/mol. The van der Waals surface area contributed by atoms with Crippen LogP contribution in [0.5, 0.6) is 0 Å². The molecule has 43 heavy (non-hydrogen) atoms. The monoisotopic (exact) mass is 631 g/mol. The van der Waals surface area contributed by atoms with Crippen LogP contribution < -0.4 is 5.73 Å². The number of phosphoric acid groups is 1. The second-order valence-electron chi connectivity index (χ2n) is 11.4. The maximum atomic E-state index is 12.5. The maximum absolute atomic E-state index is 12.5. The first-order valence-corrected chi connectivity index (χ1v) is 18.8. The summed E-state index contributed by atoms with van der Waals surface area (Å²) in [6.45, 7) is 4.83. The quantitative estimate of drug-likeness (QED) is 0.0318. The highest BCUT2D eigenvalue weighted by Crippen LogP contribution is 2.43. The van der Waals surface area contributed by atoms with Crippen molar-refractivity contribution in [3.8, 4) is 0 Å². The Labute approximate surface area is 264 Å². The molecule has 0 saturated carbocycles. The number of hydrogen-bond donors (Lipinski definition) is 2. The van der Waals surface area contributed by atoms with Gasteiger partial charge in [-0.1, -0.05) is 128 Å². The van der Waals surface area contributed by atoms with Gasteiger partial charge in [-0.25, -0.2) is 4.57 Å². The van der Waals surface area contributed by atoms with Crippen LogP contribution in [0.15, 0.2) is 24.3 Å². The van der Waals surface area contributed by atoms with Gasteiger partial charge in [-0.05, 0) is 38.5 Å². The minimum Gasteiger partial charge on any atom is -0.457 e. The Morgan fingerprint density at radius 2 is 1.28 bits per heavy atom. The van der Waals surface area contributed by atoms with Crippen molar-refractivity contribution in [3.63, 3.8) is 0 Å². The molecule has 0 radical (unpaired) electrons. The number of esters is 1. The Kier molecular flexibility index (Phi) is 31.6. The van der Waals surface area contributed by atoms with Crippen LogP contribution in [0.2, 0.25) is 0 Å². The summed E-state index contributed by atoms with van der Waals surface area (Å²) in [5, 5.41) is 0. The number of carbonyl (C=O) groups is 1. The topological polar surface area (TPSA) is 117 Å². The summed E-state index contributed by atoms with van der Waals surface area (Å²) in [7, 11) is -4.26. The Morgan fingerprint density at radius 1 is 0.698 bits per heavy atom. The molecule has 0 saturated heterocycles. The van der Waals surface area contributed by atoms with Crippen LogP contribution in [0.3, 0.4) is 0 Å². The number of carbonyl (C=O) groups excluding carboxylic acids is 1. The standard InChI is InChI=1S/C34H66NO7P/c1-3-5-7-9-11-13-15-16-17-19-21-23-25-27-34(36)42-33(32-41-43(37,38)40-30-28-35)31-39-29-26-24-22-20-18-14-12-10-8-6-4-2/h7,9,13,15,33H,3-6,8,10-12,14,16-32,35H2,1-2H3,(H,37,38)/b9-7-,15-13-. The molecular formula is C34H66NO7P. The lowest BCUT2D eigenvalue weighted by Gasteiger charge is -2.20. The molecule has 0 rings (SSSR count). The molecule has 0 aliphatic rings. The molecule has 0 aromatic carbocycles. The number of nitrogens with two attached hydrogens (primary N) is 1. The SMILES string of the molecule is CCC/C=C\C/C=C\CCCCCCCC(=O)OC(COCCCCCCCCCCCCC)COP(=O)(O)OCCN. The maximum Gasteiger partial charge on any atom is 0.472 e. The van der Waals surface area contributed by atoms with Crippen LogP contribution in [-0.4, -0.2) is 49.9 Å². The van der Waals surface area contributed by atoms with Gasteiger partial charge in [0.15, 0.2) is 0 Å². The van der Waals surface area contributed by atoms with Gasteiger partial charge in [-0.3, -0.25) is 13.8 Å². The number of unbranched alkanes of at least 4 members (excludes halogenated alkanes) is 16. The zero-order valence-electron chi connectivity index (χ0n) is 27.7. The minimum absolute atomic E-state index is 0.0970. The number of allylic oxidation sites excluding steroid dienone is 4. The largest absolute Gasteiger partial charge is 0.472 e. The molecule has 0 fully saturated rings. The molecule has 3 N–H and O–H groups in total. The Morgan fingerprint density at radius 3 is 1.91 bits per heavy atom. The molecule has 0 aliphatic carbocycles. The molecule has 0 spiro atoms. The minimum atomic E-state index is -4.26. The summed E-state index contributed by atoms with van der Waals surface area (Å²) in [6.07, 6.45) is 31.8. The van der Waals surface area contributed by atoms with Crippen molar-refractivity contribution in [2.75, 3.05) is 33.0 Å². The first kappa shape index (κ1) is 42.0. The van der Waals surface area contributed by atoms with Gasteiger partial charge in [0, 0.05) is 19.6 Å².